The first-order chi connectivity index (χ1) is 15.5. The number of hydrogen-bond donors (Lipinski definition) is 7. The van der Waals surface area contributed by atoms with E-state index in [1.54, 1.807) is 18.2 Å². The van der Waals surface area contributed by atoms with Gasteiger partial charge < -0.3 is 26.5 Å². The Morgan fingerprint density at radius 1 is 1.24 bits per heavy atom. The van der Waals surface area contributed by atoms with Crippen LogP contribution >= 0.6 is 0 Å². The first-order valence-electron chi connectivity index (χ1n) is 10.3. The lowest BCUT2D eigenvalue weighted by Gasteiger charge is -2.15. The summed E-state index contributed by atoms with van der Waals surface area (Å²) in [5.74, 6) is -2.66. The van der Waals surface area contributed by atoms with Crippen LogP contribution in [0.5, 0.6) is 0 Å². The highest BCUT2D eigenvalue weighted by Crippen LogP contribution is 2.19. The summed E-state index contributed by atoms with van der Waals surface area (Å²) in [5, 5.41) is 22.3. The van der Waals surface area contributed by atoms with Gasteiger partial charge in [0.05, 0.1) is 11.3 Å². The SMILES string of the molecule is CCCCS(=O)(=O)NC(CNC(=O)CCNC(=O)c1c[nH]c2cc(C(=N)N)ccc12)C(=O)O. The van der Waals surface area contributed by atoms with Crippen molar-refractivity contribution in [2.24, 2.45) is 5.73 Å². The summed E-state index contributed by atoms with van der Waals surface area (Å²) >= 11 is 0. The number of aromatic nitrogens is 1. The quantitative estimate of drug-likeness (QED) is 0.152. The van der Waals surface area contributed by atoms with Crippen LogP contribution in [-0.2, 0) is 19.6 Å². The molecule has 180 valence electrons. The number of sulfonamides is 1. The second kappa shape index (κ2) is 11.4. The summed E-state index contributed by atoms with van der Waals surface area (Å²) in [4.78, 5) is 38.7. The van der Waals surface area contributed by atoms with Gasteiger partial charge in [-0.3, -0.25) is 19.8 Å². The molecule has 0 aliphatic heterocycles. The van der Waals surface area contributed by atoms with Crippen molar-refractivity contribution < 1.29 is 27.9 Å². The number of aromatic amines is 1. The Kier molecular flexibility index (Phi) is 8.94. The Morgan fingerprint density at radius 2 is 1.97 bits per heavy atom. The van der Waals surface area contributed by atoms with Crippen LogP contribution in [0.3, 0.4) is 0 Å². The molecule has 1 aromatic heterocycles. The van der Waals surface area contributed by atoms with Crippen molar-refractivity contribution >= 4 is 44.5 Å². The number of carbonyl (C=O) groups is 3. The van der Waals surface area contributed by atoms with Gasteiger partial charge in [-0.15, -0.1) is 0 Å². The van der Waals surface area contributed by atoms with Gasteiger partial charge in [0.25, 0.3) is 5.91 Å². The zero-order valence-electron chi connectivity index (χ0n) is 18.1. The molecule has 1 aromatic carbocycles. The fourth-order valence-electron chi connectivity index (χ4n) is 2.96. The van der Waals surface area contributed by atoms with E-state index in [-0.39, 0.29) is 24.6 Å². The lowest BCUT2D eigenvalue weighted by atomic mass is 10.1. The van der Waals surface area contributed by atoms with Crippen LogP contribution in [0.1, 0.15) is 42.1 Å². The van der Waals surface area contributed by atoms with Gasteiger partial charge in [0.1, 0.15) is 11.9 Å². The molecule has 2 aromatic rings. The van der Waals surface area contributed by atoms with Crippen LogP contribution in [-0.4, -0.2) is 67.0 Å². The molecule has 2 rings (SSSR count). The number of carboxylic acid groups (broad SMARTS) is 1. The van der Waals surface area contributed by atoms with E-state index in [0.717, 1.165) is 0 Å². The molecule has 1 heterocycles. The smallest absolute Gasteiger partial charge is 0.323 e. The van der Waals surface area contributed by atoms with Crippen molar-refractivity contribution in [1.82, 2.24) is 20.3 Å². The zero-order chi connectivity index (χ0) is 24.6. The van der Waals surface area contributed by atoms with E-state index >= 15 is 0 Å². The summed E-state index contributed by atoms with van der Waals surface area (Å²) in [6.07, 6.45) is 2.41. The maximum atomic E-state index is 12.4. The van der Waals surface area contributed by atoms with Gasteiger partial charge >= 0.3 is 5.97 Å². The van der Waals surface area contributed by atoms with Gasteiger partial charge in [0.2, 0.25) is 15.9 Å². The highest BCUT2D eigenvalue weighted by molar-refractivity contribution is 7.89. The van der Waals surface area contributed by atoms with Gasteiger partial charge in [-0.2, -0.15) is 4.72 Å². The molecule has 13 heteroatoms. The van der Waals surface area contributed by atoms with Crippen LogP contribution in [0.2, 0.25) is 0 Å². The molecule has 0 saturated heterocycles. The summed E-state index contributed by atoms with van der Waals surface area (Å²) in [6.45, 7) is 1.38. The van der Waals surface area contributed by atoms with E-state index < -0.39 is 40.4 Å². The maximum Gasteiger partial charge on any atom is 0.323 e. The van der Waals surface area contributed by atoms with Crippen LogP contribution in [0.25, 0.3) is 10.9 Å². The summed E-state index contributed by atoms with van der Waals surface area (Å²) in [6, 6.07) is 3.45. The van der Waals surface area contributed by atoms with E-state index in [1.807, 2.05) is 6.92 Å². The molecule has 0 aliphatic carbocycles. The van der Waals surface area contributed by atoms with Crippen molar-refractivity contribution in [3.63, 3.8) is 0 Å². The normalized spacial score (nSPS) is 12.3. The van der Waals surface area contributed by atoms with E-state index in [2.05, 4.69) is 20.3 Å². The van der Waals surface area contributed by atoms with Gasteiger partial charge in [0.15, 0.2) is 0 Å². The lowest BCUT2D eigenvalue weighted by molar-refractivity contribution is -0.138. The Labute approximate surface area is 190 Å². The standard InChI is InChI=1S/C20H28N6O6S/c1-2-3-8-33(31,32)26-16(20(29)30)11-25-17(27)6-7-23-19(28)14-10-24-15-9-12(18(21)22)4-5-13(14)15/h4-5,9-10,16,24,26H,2-3,6-8,11H2,1H3,(H3,21,22)(H,23,28)(H,25,27)(H,29,30). The zero-order valence-corrected chi connectivity index (χ0v) is 18.9. The Bertz CT molecular complexity index is 1140. The van der Waals surface area contributed by atoms with Crippen molar-refractivity contribution in [3.05, 3.63) is 35.5 Å². The minimum absolute atomic E-state index is 0.0111. The van der Waals surface area contributed by atoms with Crippen molar-refractivity contribution in [2.75, 3.05) is 18.8 Å². The Balaban J connectivity index is 1.84. The fourth-order valence-corrected chi connectivity index (χ4v) is 4.36. The number of unbranched alkanes of at least 4 members (excludes halogenated alkanes) is 1. The molecule has 0 radical (unpaired) electrons. The van der Waals surface area contributed by atoms with Crippen molar-refractivity contribution in [1.29, 1.82) is 5.41 Å². The third-order valence-corrected chi connectivity index (χ3v) is 6.23. The predicted octanol–water partition coefficient (Wildman–Crippen LogP) is -0.139. The maximum absolute atomic E-state index is 12.4. The number of fused-ring (bicyclic) bond motifs is 1. The molecule has 0 fully saturated rings. The fraction of sp³-hybridized carbons (Fsp3) is 0.400. The molecule has 33 heavy (non-hydrogen) atoms. The number of amidine groups is 1. The first kappa shape index (κ1) is 25.8. The first-order valence-corrected chi connectivity index (χ1v) is 11.9. The minimum Gasteiger partial charge on any atom is -0.480 e. The average Bonchev–Trinajstić information content (AvgIpc) is 3.18. The van der Waals surface area contributed by atoms with E-state index in [4.69, 9.17) is 11.1 Å². The molecule has 0 aliphatic rings. The summed E-state index contributed by atoms with van der Waals surface area (Å²) in [5.41, 5.74) is 6.96. The number of nitrogens with two attached hydrogens (primary N) is 1. The van der Waals surface area contributed by atoms with Gasteiger partial charge in [-0.05, 0) is 12.5 Å². The number of hydrogen-bond acceptors (Lipinski definition) is 6. The number of benzene rings is 1. The monoisotopic (exact) mass is 480 g/mol. The Hall–Kier alpha value is -3.45. The Morgan fingerprint density at radius 3 is 2.61 bits per heavy atom. The summed E-state index contributed by atoms with van der Waals surface area (Å²) in [7, 11) is -3.78. The van der Waals surface area contributed by atoms with Crippen LogP contribution in [0.4, 0.5) is 0 Å². The lowest BCUT2D eigenvalue weighted by Crippen LogP contribution is -2.49. The molecule has 2 amide bonds. The molecule has 1 atom stereocenters. The number of carbonyl (C=O) groups excluding carboxylic acids is 2. The number of aliphatic carboxylic acids is 1. The highest BCUT2D eigenvalue weighted by atomic mass is 32.2. The minimum atomic E-state index is -3.78. The van der Waals surface area contributed by atoms with Crippen LogP contribution < -0.4 is 21.1 Å². The molecular formula is C20H28N6O6S. The van der Waals surface area contributed by atoms with E-state index in [0.29, 0.717) is 34.9 Å². The second-order valence-corrected chi connectivity index (χ2v) is 9.24. The molecule has 8 N–H and O–H groups in total. The van der Waals surface area contributed by atoms with Gasteiger partial charge in [-0.25, -0.2) is 8.42 Å². The number of rotatable bonds is 13. The van der Waals surface area contributed by atoms with E-state index in [1.165, 1.54) is 6.20 Å². The van der Waals surface area contributed by atoms with Crippen LogP contribution in [0.15, 0.2) is 24.4 Å². The van der Waals surface area contributed by atoms with Crippen molar-refractivity contribution in [3.8, 4) is 0 Å². The number of carboxylic acids is 1. The van der Waals surface area contributed by atoms with Gasteiger partial charge in [-0.1, -0.05) is 25.5 Å². The number of H-pyrrole nitrogens is 1. The second-order valence-electron chi connectivity index (χ2n) is 7.37. The molecule has 0 saturated carbocycles. The molecular weight excluding hydrogens is 452 g/mol. The van der Waals surface area contributed by atoms with Crippen molar-refractivity contribution in [2.45, 2.75) is 32.2 Å². The number of nitrogen functional groups attached to an aromatic ring is 1. The molecule has 0 bridgehead atoms. The summed E-state index contributed by atoms with van der Waals surface area (Å²) < 4.78 is 25.9. The van der Waals surface area contributed by atoms with E-state index in [9.17, 15) is 27.9 Å². The predicted molar refractivity (Wildman–Crippen MR) is 123 cm³/mol. The largest absolute Gasteiger partial charge is 0.480 e. The highest BCUT2D eigenvalue weighted by Gasteiger charge is 2.24. The topological polar surface area (TPSA) is 207 Å². The molecule has 0 spiro atoms. The number of amides is 2. The van der Waals surface area contributed by atoms with Gasteiger partial charge in [0, 0.05) is 42.2 Å². The number of nitrogens with one attached hydrogen (secondary N) is 5. The third kappa shape index (κ3) is 7.57. The molecule has 1 unspecified atom stereocenters. The molecule has 12 nitrogen and oxygen atoms in total. The third-order valence-electron chi connectivity index (χ3n) is 4.76. The average molecular weight is 481 g/mol. The van der Waals surface area contributed by atoms with Crippen LogP contribution in [0, 0.1) is 5.41 Å².